The second-order valence-corrected chi connectivity index (χ2v) is 10.8. The van der Waals surface area contributed by atoms with Gasteiger partial charge in [-0.1, -0.05) is 0 Å². The first kappa shape index (κ1) is 21.9. The fourth-order valence-corrected chi connectivity index (χ4v) is 5.81. The molecule has 0 bridgehead atoms. The molecule has 4 rings (SSSR count). The van der Waals surface area contributed by atoms with Crippen molar-refractivity contribution in [3.63, 3.8) is 0 Å². The van der Waals surface area contributed by atoms with Crippen LogP contribution in [0.25, 0.3) is 11.0 Å². The molecule has 1 aliphatic heterocycles. The maximum Gasteiger partial charge on any atom is 0.339 e. The van der Waals surface area contributed by atoms with E-state index in [0.29, 0.717) is 11.3 Å². The van der Waals surface area contributed by atoms with E-state index in [1.807, 2.05) is 19.1 Å². The van der Waals surface area contributed by atoms with Crippen molar-refractivity contribution in [1.82, 2.24) is 5.32 Å². The molecule has 0 atom stereocenters. The Morgan fingerprint density at radius 1 is 1.13 bits per heavy atom. The third-order valence-corrected chi connectivity index (χ3v) is 6.48. The number of piperidine rings is 1. The summed E-state index contributed by atoms with van der Waals surface area (Å²) in [5, 5.41) is 6.42. The Hall–Kier alpha value is -2.34. The standard InChI is InChI=1S/C25H34N2O4/c1-15-10-19(22-17-8-6-7-9-18(17)23(29)31-20(22)11-15)30-14-21(28)26-16-12-24(2,3)27-25(4,5)13-16/h10-11,16,27H,6-9,12-14H2,1-5H3,(H,26,28)/p+1. The Bertz CT molecular complexity index is 1050. The number of nitrogens with two attached hydrogens (primary N) is 1. The van der Waals surface area contributed by atoms with Gasteiger partial charge in [-0.3, -0.25) is 4.79 Å². The number of fused-ring (bicyclic) bond motifs is 3. The van der Waals surface area contributed by atoms with Gasteiger partial charge in [0.1, 0.15) is 11.3 Å². The minimum absolute atomic E-state index is 0.0481. The lowest BCUT2D eigenvalue weighted by Crippen LogP contribution is -3.06. The summed E-state index contributed by atoms with van der Waals surface area (Å²) in [7, 11) is 0. The molecule has 1 aliphatic carbocycles. The lowest BCUT2D eigenvalue weighted by Gasteiger charge is -2.43. The second-order valence-electron chi connectivity index (χ2n) is 10.8. The van der Waals surface area contributed by atoms with Crippen molar-refractivity contribution in [1.29, 1.82) is 0 Å². The number of ether oxygens (including phenoxy) is 1. The Balaban J connectivity index is 1.54. The molecule has 2 heterocycles. The number of hydrogen-bond donors (Lipinski definition) is 2. The highest BCUT2D eigenvalue weighted by atomic mass is 16.5. The van der Waals surface area contributed by atoms with Gasteiger partial charge in [0.2, 0.25) is 0 Å². The minimum Gasteiger partial charge on any atom is -0.483 e. The number of hydrogen-bond acceptors (Lipinski definition) is 4. The van der Waals surface area contributed by atoms with E-state index in [9.17, 15) is 9.59 Å². The summed E-state index contributed by atoms with van der Waals surface area (Å²) >= 11 is 0. The molecule has 31 heavy (non-hydrogen) atoms. The van der Waals surface area contributed by atoms with Crippen LogP contribution in [-0.4, -0.2) is 29.6 Å². The SMILES string of the molecule is Cc1cc(OCC(=O)NC2CC(C)(C)[NH2+]C(C)(C)C2)c2c3c(c(=O)oc2c1)CCCC3. The minimum atomic E-state index is -0.240. The van der Waals surface area contributed by atoms with Gasteiger partial charge in [-0.2, -0.15) is 0 Å². The average Bonchev–Trinajstić information content (AvgIpc) is 2.63. The van der Waals surface area contributed by atoms with Crippen LogP contribution in [0.1, 0.15) is 70.1 Å². The molecule has 2 aliphatic rings. The molecule has 0 unspecified atom stereocenters. The van der Waals surface area contributed by atoms with E-state index in [1.165, 1.54) is 0 Å². The van der Waals surface area contributed by atoms with E-state index in [1.54, 1.807) is 0 Å². The molecule has 0 spiro atoms. The molecule has 168 valence electrons. The summed E-state index contributed by atoms with van der Waals surface area (Å²) in [6, 6.07) is 3.94. The summed E-state index contributed by atoms with van der Waals surface area (Å²) in [5.74, 6) is 0.518. The number of aryl methyl sites for hydroxylation is 2. The van der Waals surface area contributed by atoms with E-state index in [2.05, 4.69) is 38.3 Å². The van der Waals surface area contributed by atoms with Gasteiger partial charge in [0.25, 0.3) is 5.91 Å². The Labute approximate surface area is 183 Å². The van der Waals surface area contributed by atoms with E-state index in [-0.39, 0.29) is 35.3 Å². The van der Waals surface area contributed by atoms with Crippen LogP contribution in [0, 0.1) is 6.92 Å². The van der Waals surface area contributed by atoms with E-state index in [0.717, 1.165) is 60.6 Å². The summed E-state index contributed by atoms with van der Waals surface area (Å²) in [6.45, 7) is 10.8. The molecular weight excluding hydrogens is 392 g/mol. The highest BCUT2D eigenvalue weighted by Gasteiger charge is 2.42. The maximum atomic E-state index is 12.8. The second kappa shape index (κ2) is 7.97. The van der Waals surface area contributed by atoms with Crippen molar-refractivity contribution >= 4 is 16.9 Å². The smallest absolute Gasteiger partial charge is 0.339 e. The molecule has 6 nitrogen and oxygen atoms in total. The van der Waals surface area contributed by atoms with Crippen LogP contribution >= 0.6 is 0 Å². The lowest BCUT2D eigenvalue weighted by atomic mass is 9.79. The van der Waals surface area contributed by atoms with E-state index >= 15 is 0 Å². The number of amides is 1. The summed E-state index contributed by atoms with van der Waals surface area (Å²) in [6.07, 6.45) is 5.47. The highest BCUT2D eigenvalue weighted by Crippen LogP contribution is 2.34. The largest absolute Gasteiger partial charge is 0.483 e. The molecule has 1 amide bonds. The molecule has 1 aromatic heterocycles. The van der Waals surface area contributed by atoms with Gasteiger partial charge >= 0.3 is 5.63 Å². The van der Waals surface area contributed by atoms with Gasteiger partial charge in [0, 0.05) is 24.4 Å². The van der Waals surface area contributed by atoms with Crippen LogP contribution < -0.4 is 21.0 Å². The quantitative estimate of drug-likeness (QED) is 0.735. The summed E-state index contributed by atoms with van der Waals surface area (Å²) in [5.41, 5.74) is 3.21. The van der Waals surface area contributed by atoms with Gasteiger partial charge in [-0.15, -0.1) is 0 Å². The molecule has 1 fully saturated rings. The fourth-order valence-electron chi connectivity index (χ4n) is 5.81. The van der Waals surface area contributed by atoms with Gasteiger partial charge in [0.15, 0.2) is 6.61 Å². The Morgan fingerprint density at radius 3 is 2.45 bits per heavy atom. The zero-order chi connectivity index (χ0) is 22.4. The van der Waals surface area contributed by atoms with Crippen molar-refractivity contribution in [3.05, 3.63) is 39.2 Å². The molecule has 1 aromatic carbocycles. The Morgan fingerprint density at radius 2 is 1.77 bits per heavy atom. The monoisotopic (exact) mass is 427 g/mol. The molecule has 0 saturated carbocycles. The number of quaternary nitrogens is 1. The van der Waals surface area contributed by atoms with Gasteiger partial charge < -0.3 is 19.8 Å². The molecule has 0 radical (unpaired) electrons. The number of benzene rings is 1. The third kappa shape index (κ3) is 4.79. The first-order valence-corrected chi connectivity index (χ1v) is 11.4. The van der Waals surface area contributed by atoms with Crippen LogP contribution in [0.2, 0.25) is 0 Å². The molecule has 2 aromatic rings. The molecule has 3 N–H and O–H groups in total. The van der Waals surface area contributed by atoms with Crippen LogP contribution in [0.15, 0.2) is 21.3 Å². The molecular formula is C25H35N2O4+. The van der Waals surface area contributed by atoms with Gasteiger partial charge in [0.05, 0.1) is 16.5 Å². The predicted octanol–water partition coefficient (Wildman–Crippen LogP) is 2.76. The van der Waals surface area contributed by atoms with Crippen molar-refractivity contribution in [3.8, 4) is 5.75 Å². The fraction of sp³-hybridized carbons (Fsp3) is 0.600. The lowest BCUT2D eigenvalue weighted by molar-refractivity contribution is -0.787. The topological polar surface area (TPSA) is 85.1 Å². The Kier molecular flexibility index (Phi) is 5.63. The molecule has 6 heteroatoms. The number of rotatable bonds is 4. The maximum absolute atomic E-state index is 12.8. The highest BCUT2D eigenvalue weighted by molar-refractivity contribution is 5.89. The van der Waals surface area contributed by atoms with Crippen LogP contribution in [0.3, 0.4) is 0 Å². The van der Waals surface area contributed by atoms with Crippen LogP contribution in [-0.2, 0) is 17.6 Å². The summed E-state index contributed by atoms with van der Waals surface area (Å²) < 4.78 is 11.6. The van der Waals surface area contributed by atoms with Crippen molar-refractivity contribution in [2.45, 2.75) is 90.3 Å². The number of carbonyl (C=O) groups excluding carboxylic acids is 1. The first-order valence-electron chi connectivity index (χ1n) is 11.4. The van der Waals surface area contributed by atoms with Crippen molar-refractivity contribution in [2.24, 2.45) is 0 Å². The normalized spacial score (nSPS) is 20.3. The first-order chi connectivity index (χ1) is 14.5. The average molecular weight is 428 g/mol. The van der Waals surface area contributed by atoms with Crippen molar-refractivity contribution < 1.29 is 19.3 Å². The van der Waals surface area contributed by atoms with Gasteiger partial charge in [-0.25, -0.2) is 4.79 Å². The summed E-state index contributed by atoms with van der Waals surface area (Å²) in [4.78, 5) is 25.2. The predicted molar refractivity (Wildman–Crippen MR) is 121 cm³/mol. The van der Waals surface area contributed by atoms with Gasteiger partial charge in [-0.05, 0) is 83.6 Å². The number of carbonyl (C=O) groups is 1. The number of nitrogens with one attached hydrogen (secondary N) is 1. The molecule has 1 saturated heterocycles. The zero-order valence-corrected chi connectivity index (χ0v) is 19.4. The van der Waals surface area contributed by atoms with E-state index in [4.69, 9.17) is 9.15 Å². The zero-order valence-electron chi connectivity index (χ0n) is 19.4. The van der Waals surface area contributed by atoms with E-state index < -0.39 is 0 Å². The van der Waals surface area contributed by atoms with Crippen LogP contribution in [0.5, 0.6) is 5.75 Å². The van der Waals surface area contributed by atoms with Crippen LogP contribution in [0.4, 0.5) is 0 Å². The third-order valence-electron chi connectivity index (χ3n) is 6.48. The van der Waals surface area contributed by atoms with Crippen molar-refractivity contribution in [2.75, 3.05) is 6.61 Å².